The Labute approximate surface area is 222 Å². The van der Waals surface area contributed by atoms with E-state index in [1.165, 1.54) is 0 Å². The molecule has 4 heterocycles. The summed E-state index contributed by atoms with van der Waals surface area (Å²) in [5.74, 6) is -0.554. The number of fused-ring (bicyclic) bond motifs is 2. The number of nitrogens with zero attached hydrogens (tertiary/aromatic N) is 6. The first kappa shape index (κ1) is 25.6. The van der Waals surface area contributed by atoms with Gasteiger partial charge in [-0.25, -0.2) is 9.78 Å². The maximum absolute atomic E-state index is 14.7. The van der Waals surface area contributed by atoms with Crippen LogP contribution >= 0.6 is 0 Å². The van der Waals surface area contributed by atoms with Crippen LogP contribution in [0.5, 0.6) is 0 Å². The normalized spacial score (nSPS) is 29.6. The molecular weight excluding hydrogens is 494 g/mol. The van der Waals surface area contributed by atoms with Gasteiger partial charge in [0, 0.05) is 70.3 Å². The van der Waals surface area contributed by atoms with Gasteiger partial charge in [-0.05, 0) is 58.3 Å². The highest BCUT2D eigenvalue weighted by molar-refractivity contribution is 5.77. The lowest BCUT2D eigenvalue weighted by Crippen LogP contribution is -2.51. The van der Waals surface area contributed by atoms with Gasteiger partial charge in [-0.1, -0.05) is 0 Å². The Hall–Kier alpha value is -2.72. The SMILES string of the molecule is C[C@H]1CCN1c1nc(N2C[C@@H]3C(CC(=O)N4CCN(C(=O)OC(C)(C)C)CC4)[C@@H]3C2)c2c(n1)C(F)(F)CC2. The van der Waals surface area contributed by atoms with Crippen LogP contribution in [0, 0.1) is 17.8 Å². The predicted octanol–water partition coefficient (Wildman–Crippen LogP) is 3.26. The molecule has 0 radical (unpaired) electrons. The minimum Gasteiger partial charge on any atom is -0.444 e. The van der Waals surface area contributed by atoms with Crippen LogP contribution < -0.4 is 9.80 Å². The van der Waals surface area contributed by atoms with E-state index in [0.717, 1.165) is 26.1 Å². The van der Waals surface area contributed by atoms with Crippen molar-refractivity contribution in [1.29, 1.82) is 0 Å². The van der Waals surface area contributed by atoms with Crippen molar-refractivity contribution in [3.8, 4) is 0 Å². The van der Waals surface area contributed by atoms with Crippen LogP contribution in [0.15, 0.2) is 0 Å². The molecule has 6 rings (SSSR count). The van der Waals surface area contributed by atoms with Gasteiger partial charge in [0.15, 0.2) is 0 Å². The number of piperidine rings is 1. The van der Waals surface area contributed by atoms with Crippen molar-refractivity contribution < 1.29 is 23.1 Å². The summed E-state index contributed by atoms with van der Waals surface area (Å²) in [6.07, 6.45) is 1.29. The van der Waals surface area contributed by atoms with Crippen LogP contribution in [0.3, 0.4) is 0 Å². The van der Waals surface area contributed by atoms with Crippen molar-refractivity contribution in [2.75, 3.05) is 55.6 Å². The minimum absolute atomic E-state index is 0.0885. The first-order chi connectivity index (χ1) is 17.9. The molecule has 11 heteroatoms. The topological polar surface area (TPSA) is 82.1 Å². The van der Waals surface area contributed by atoms with Gasteiger partial charge in [0.1, 0.15) is 17.1 Å². The monoisotopic (exact) mass is 532 g/mol. The molecule has 5 aliphatic rings. The summed E-state index contributed by atoms with van der Waals surface area (Å²) < 4.78 is 34.8. The standard InChI is InChI=1S/C27H38F2N6O3/c1-16-6-8-35(16)24-30-22-17(5-7-27(22,28)29)23(31-24)34-14-19-18(20(19)15-34)13-21(36)32-9-11-33(12-10-32)25(37)38-26(2,3)4/h16,18-20H,5-15H2,1-4H3/t16-,18?,19-,20+/m0/s1. The zero-order valence-electron chi connectivity index (χ0n) is 22.8. The van der Waals surface area contributed by atoms with Crippen LogP contribution in [-0.4, -0.2) is 89.2 Å². The van der Waals surface area contributed by atoms with E-state index >= 15 is 0 Å². The van der Waals surface area contributed by atoms with E-state index in [1.807, 2.05) is 30.6 Å². The Morgan fingerprint density at radius 2 is 1.68 bits per heavy atom. The van der Waals surface area contributed by atoms with Crippen LogP contribution in [-0.2, 0) is 21.9 Å². The van der Waals surface area contributed by atoms with Crippen molar-refractivity contribution in [1.82, 2.24) is 19.8 Å². The molecule has 1 saturated carbocycles. The minimum atomic E-state index is -2.90. The van der Waals surface area contributed by atoms with E-state index in [-0.39, 0.29) is 30.2 Å². The van der Waals surface area contributed by atoms with Crippen LogP contribution in [0.1, 0.15) is 58.2 Å². The van der Waals surface area contributed by atoms with Gasteiger partial charge in [-0.3, -0.25) is 4.79 Å². The fourth-order valence-corrected chi connectivity index (χ4v) is 6.52. The highest BCUT2D eigenvalue weighted by Gasteiger charge is 2.57. The molecule has 2 aliphatic carbocycles. The number of rotatable bonds is 4. The van der Waals surface area contributed by atoms with Gasteiger partial charge in [-0.15, -0.1) is 0 Å². The molecule has 1 aromatic heterocycles. The van der Waals surface area contributed by atoms with Crippen LogP contribution in [0.25, 0.3) is 0 Å². The fourth-order valence-electron chi connectivity index (χ4n) is 6.52. The van der Waals surface area contributed by atoms with Crippen molar-refractivity contribution in [3.05, 3.63) is 11.3 Å². The third-order valence-corrected chi connectivity index (χ3v) is 8.95. The smallest absolute Gasteiger partial charge is 0.410 e. The lowest BCUT2D eigenvalue weighted by Gasteiger charge is -2.39. The average molecular weight is 533 g/mol. The lowest BCUT2D eigenvalue weighted by atomic mass is 10.1. The first-order valence-corrected chi connectivity index (χ1v) is 14.0. The number of aromatic nitrogens is 2. The molecular formula is C27H38F2N6O3. The quantitative estimate of drug-likeness (QED) is 0.589. The molecule has 4 atom stereocenters. The van der Waals surface area contributed by atoms with Crippen molar-refractivity contribution in [2.45, 2.75) is 70.9 Å². The molecule has 38 heavy (non-hydrogen) atoms. The number of alkyl halides is 2. The molecule has 0 N–H and O–H groups in total. The van der Waals surface area contributed by atoms with Gasteiger partial charge in [0.25, 0.3) is 5.92 Å². The van der Waals surface area contributed by atoms with E-state index in [2.05, 4.69) is 16.8 Å². The molecule has 0 bridgehead atoms. The second-order valence-electron chi connectivity index (χ2n) is 12.7. The number of ether oxygens (including phenoxy) is 1. The largest absolute Gasteiger partial charge is 0.444 e. The Morgan fingerprint density at radius 3 is 2.26 bits per heavy atom. The Bertz CT molecular complexity index is 1120. The first-order valence-electron chi connectivity index (χ1n) is 14.0. The molecule has 4 fully saturated rings. The van der Waals surface area contributed by atoms with Crippen molar-refractivity contribution in [3.63, 3.8) is 0 Å². The molecule has 208 valence electrons. The van der Waals surface area contributed by atoms with E-state index in [0.29, 0.717) is 74.1 Å². The molecule has 0 aromatic carbocycles. The number of hydrogen-bond donors (Lipinski definition) is 0. The zero-order chi connectivity index (χ0) is 27.0. The average Bonchev–Trinajstić information content (AvgIpc) is 3.15. The van der Waals surface area contributed by atoms with Crippen molar-refractivity contribution >= 4 is 23.8 Å². The Kier molecular flexibility index (Phi) is 5.99. The molecule has 9 nitrogen and oxygen atoms in total. The summed E-state index contributed by atoms with van der Waals surface area (Å²) in [6.45, 7) is 11.9. The molecule has 2 amide bonds. The summed E-state index contributed by atoms with van der Waals surface area (Å²) in [6, 6.07) is 0.268. The van der Waals surface area contributed by atoms with Gasteiger partial charge in [0.2, 0.25) is 11.9 Å². The summed E-state index contributed by atoms with van der Waals surface area (Å²) in [5, 5.41) is 0. The third kappa shape index (κ3) is 4.55. The zero-order valence-corrected chi connectivity index (χ0v) is 22.8. The van der Waals surface area contributed by atoms with Crippen LogP contribution in [0.2, 0.25) is 0 Å². The van der Waals surface area contributed by atoms with Gasteiger partial charge in [-0.2, -0.15) is 13.8 Å². The highest BCUT2D eigenvalue weighted by atomic mass is 19.3. The third-order valence-electron chi connectivity index (χ3n) is 8.95. The Morgan fingerprint density at radius 1 is 1.03 bits per heavy atom. The molecule has 1 unspecified atom stereocenters. The van der Waals surface area contributed by atoms with Gasteiger partial charge in [0.05, 0.1) is 0 Å². The number of halogens is 2. The molecule has 3 saturated heterocycles. The Balaban J connectivity index is 1.05. The number of piperazine rings is 1. The second-order valence-corrected chi connectivity index (χ2v) is 12.7. The van der Waals surface area contributed by atoms with E-state index < -0.39 is 11.5 Å². The number of amides is 2. The maximum atomic E-state index is 14.7. The van der Waals surface area contributed by atoms with E-state index in [4.69, 9.17) is 9.72 Å². The number of carbonyl (C=O) groups excluding carboxylic acids is 2. The van der Waals surface area contributed by atoms with E-state index in [9.17, 15) is 18.4 Å². The molecule has 1 aromatic rings. The summed E-state index contributed by atoms with van der Waals surface area (Å²) in [7, 11) is 0. The second kappa shape index (κ2) is 8.91. The highest BCUT2D eigenvalue weighted by Crippen LogP contribution is 2.55. The lowest BCUT2D eigenvalue weighted by molar-refractivity contribution is -0.133. The summed E-state index contributed by atoms with van der Waals surface area (Å²) in [4.78, 5) is 42.2. The predicted molar refractivity (Wildman–Crippen MR) is 137 cm³/mol. The summed E-state index contributed by atoms with van der Waals surface area (Å²) in [5.41, 5.74) is -0.0263. The summed E-state index contributed by atoms with van der Waals surface area (Å²) >= 11 is 0. The van der Waals surface area contributed by atoms with Gasteiger partial charge >= 0.3 is 6.09 Å². The number of carbonyl (C=O) groups is 2. The molecule has 3 aliphatic heterocycles. The maximum Gasteiger partial charge on any atom is 0.410 e. The van der Waals surface area contributed by atoms with Crippen molar-refractivity contribution in [2.24, 2.45) is 17.8 Å². The number of hydrogen-bond acceptors (Lipinski definition) is 7. The molecule has 0 spiro atoms. The fraction of sp³-hybridized carbons (Fsp3) is 0.778. The number of anilines is 2. The van der Waals surface area contributed by atoms with Gasteiger partial charge < -0.3 is 24.3 Å². The van der Waals surface area contributed by atoms with E-state index in [1.54, 1.807) is 4.90 Å². The van der Waals surface area contributed by atoms with Crippen LogP contribution in [0.4, 0.5) is 25.3 Å².